The summed E-state index contributed by atoms with van der Waals surface area (Å²) in [5.41, 5.74) is 0.581. The van der Waals surface area contributed by atoms with E-state index < -0.39 is 5.54 Å². The molecule has 0 aliphatic heterocycles. The molecule has 1 saturated carbocycles. The second-order valence-corrected chi connectivity index (χ2v) is 6.62. The average molecular weight is 280 g/mol. The Bertz CT molecular complexity index is 550. The molecule has 0 bridgehead atoms. The fourth-order valence-corrected chi connectivity index (χ4v) is 2.78. The number of aromatic hydroxyl groups is 1. The molecule has 1 aromatic carbocycles. The van der Waals surface area contributed by atoms with E-state index in [-0.39, 0.29) is 11.2 Å². The summed E-state index contributed by atoms with van der Waals surface area (Å²) in [6.45, 7) is 6.04. The van der Waals surface area contributed by atoms with E-state index in [2.05, 4.69) is 4.99 Å². The van der Waals surface area contributed by atoms with Gasteiger partial charge in [0.2, 0.25) is 6.08 Å². The van der Waals surface area contributed by atoms with E-state index in [0.29, 0.717) is 10.6 Å². The van der Waals surface area contributed by atoms with Gasteiger partial charge in [0, 0.05) is 16.1 Å². The molecule has 4 heteroatoms. The van der Waals surface area contributed by atoms with E-state index in [1.165, 1.54) is 0 Å². The normalized spacial score (nSPS) is 17.5. The lowest BCUT2D eigenvalue weighted by Gasteiger charge is -2.38. The highest BCUT2D eigenvalue weighted by Gasteiger charge is 2.42. The summed E-state index contributed by atoms with van der Waals surface area (Å²) in [6.07, 6.45) is 4.12. The first-order valence-electron chi connectivity index (χ1n) is 6.43. The summed E-state index contributed by atoms with van der Waals surface area (Å²) < 4.78 is 0. The molecule has 0 saturated heterocycles. The molecule has 0 radical (unpaired) electrons. The minimum absolute atomic E-state index is 0.204. The zero-order chi connectivity index (χ0) is 14.3. The third-order valence-corrected chi connectivity index (χ3v) is 4.04. The van der Waals surface area contributed by atoms with Crippen LogP contribution >= 0.6 is 11.6 Å². The maximum atomic E-state index is 10.7. The first-order valence-corrected chi connectivity index (χ1v) is 6.80. The van der Waals surface area contributed by atoms with Gasteiger partial charge in [-0.3, -0.25) is 0 Å². The van der Waals surface area contributed by atoms with Crippen LogP contribution in [-0.2, 0) is 15.7 Å². The third-order valence-electron chi connectivity index (χ3n) is 3.82. The van der Waals surface area contributed by atoms with Crippen LogP contribution in [0.2, 0.25) is 5.02 Å². The lowest BCUT2D eigenvalue weighted by molar-refractivity contribution is 0.246. The number of phenolic OH excluding ortho intramolecular Hbond substituents is 1. The van der Waals surface area contributed by atoms with Crippen LogP contribution in [0.1, 0.15) is 51.2 Å². The SMILES string of the molecule is CC(C)(C)c1cc(Cl)cc(C2(N=C=O)CCC2)c1O. The van der Waals surface area contributed by atoms with E-state index in [1.54, 1.807) is 18.2 Å². The fraction of sp³-hybridized carbons (Fsp3) is 0.533. The quantitative estimate of drug-likeness (QED) is 0.656. The number of phenols is 1. The summed E-state index contributed by atoms with van der Waals surface area (Å²) in [6, 6.07) is 3.49. The van der Waals surface area contributed by atoms with Gasteiger partial charge in [0.15, 0.2) is 0 Å². The molecular formula is C15H18ClNO2. The molecule has 1 N–H and O–H groups in total. The van der Waals surface area contributed by atoms with Crippen molar-refractivity contribution in [2.45, 2.75) is 51.0 Å². The molecule has 19 heavy (non-hydrogen) atoms. The maximum absolute atomic E-state index is 10.7. The van der Waals surface area contributed by atoms with Crippen LogP contribution in [0.15, 0.2) is 17.1 Å². The van der Waals surface area contributed by atoms with Crippen LogP contribution in [-0.4, -0.2) is 11.2 Å². The number of nitrogens with zero attached hydrogens (tertiary/aromatic N) is 1. The predicted molar refractivity (Wildman–Crippen MR) is 75.5 cm³/mol. The Labute approximate surface area is 118 Å². The molecule has 3 nitrogen and oxygen atoms in total. The summed E-state index contributed by atoms with van der Waals surface area (Å²) >= 11 is 6.16. The highest BCUT2D eigenvalue weighted by atomic mass is 35.5. The van der Waals surface area contributed by atoms with Crippen molar-refractivity contribution in [1.29, 1.82) is 0 Å². The number of hydrogen-bond donors (Lipinski definition) is 1. The van der Waals surface area contributed by atoms with Crippen LogP contribution in [0.25, 0.3) is 0 Å². The van der Waals surface area contributed by atoms with Gasteiger partial charge in [0.1, 0.15) is 11.3 Å². The van der Waals surface area contributed by atoms with Crippen LogP contribution in [0.3, 0.4) is 0 Å². The number of aliphatic imine (C=N–C) groups is 1. The second kappa shape index (κ2) is 4.66. The van der Waals surface area contributed by atoms with Crippen molar-refractivity contribution in [3.05, 3.63) is 28.3 Å². The van der Waals surface area contributed by atoms with E-state index >= 15 is 0 Å². The van der Waals surface area contributed by atoms with Gasteiger partial charge in [-0.1, -0.05) is 32.4 Å². The molecule has 102 valence electrons. The van der Waals surface area contributed by atoms with Gasteiger partial charge in [-0.25, -0.2) is 4.79 Å². The Hall–Kier alpha value is -1.31. The number of carbonyl (C=O) groups excluding carboxylic acids is 1. The van der Waals surface area contributed by atoms with Gasteiger partial charge in [0.05, 0.1) is 0 Å². The highest BCUT2D eigenvalue weighted by Crippen LogP contribution is 2.50. The first kappa shape index (κ1) is 14.1. The maximum Gasteiger partial charge on any atom is 0.235 e. The predicted octanol–water partition coefficient (Wildman–Crippen LogP) is 4.06. The average Bonchev–Trinajstić information content (AvgIpc) is 2.25. The number of hydrogen-bond acceptors (Lipinski definition) is 3. The van der Waals surface area contributed by atoms with E-state index in [9.17, 15) is 9.90 Å². The van der Waals surface area contributed by atoms with Gasteiger partial charge in [-0.05, 0) is 36.8 Å². The molecule has 0 spiro atoms. The Morgan fingerprint density at radius 1 is 1.37 bits per heavy atom. The number of halogens is 1. The lowest BCUT2D eigenvalue weighted by atomic mass is 9.70. The van der Waals surface area contributed by atoms with Crippen molar-refractivity contribution >= 4 is 17.7 Å². The minimum Gasteiger partial charge on any atom is -0.507 e. The minimum atomic E-state index is -0.628. The Morgan fingerprint density at radius 2 is 2.00 bits per heavy atom. The standard InChI is InChI=1S/C15H18ClNO2/c1-14(2,3)11-7-10(16)8-12(13(11)19)15(17-9-18)5-4-6-15/h7-8,19H,4-6H2,1-3H3. The Kier molecular flexibility index (Phi) is 3.46. The monoisotopic (exact) mass is 279 g/mol. The molecule has 0 amide bonds. The van der Waals surface area contributed by atoms with Crippen LogP contribution in [0.4, 0.5) is 0 Å². The number of isocyanates is 1. The molecule has 0 unspecified atom stereocenters. The van der Waals surface area contributed by atoms with Crippen LogP contribution < -0.4 is 0 Å². The summed E-state index contributed by atoms with van der Waals surface area (Å²) in [4.78, 5) is 14.6. The van der Waals surface area contributed by atoms with Crippen molar-refractivity contribution in [1.82, 2.24) is 0 Å². The van der Waals surface area contributed by atoms with Crippen molar-refractivity contribution in [3.63, 3.8) is 0 Å². The first-order chi connectivity index (χ1) is 8.80. The van der Waals surface area contributed by atoms with Gasteiger partial charge in [-0.2, -0.15) is 4.99 Å². The highest BCUT2D eigenvalue weighted by molar-refractivity contribution is 6.30. The Balaban J connectivity index is 2.64. The fourth-order valence-electron chi connectivity index (χ4n) is 2.57. The van der Waals surface area contributed by atoms with Gasteiger partial charge in [-0.15, -0.1) is 0 Å². The van der Waals surface area contributed by atoms with Gasteiger partial charge < -0.3 is 5.11 Å². The summed E-state index contributed by atoms with van der Waals surface area (Å²) in [5.74, 6) is 0.204. The number of rotatable bonds is 2. The molecule has 1 aromatic rings. The van der Waals surface area contributed by atoms with Gasteiger partial charge in [0.25, 0.3) is 0 Å². The second-order valence-electron chi connectivity index (χ2n) is 6.19. The molecule has 1 aliphatic carbocycles. The van der Waals surface area contributed by atoms with Crippen molar-refractivity contribution < 1.29 is 9.90 Å². The third kappa shape index (κ3) is 2.41. The molecule has 0 heterocycles. The smallest absolute Gasteiger partial charge is 0.235 e. The summed E-state index contributed by atoms with van der Waals surface area (Å²) in [5, 5.41) is 11.1. The largest absolute Gasteiger partial charge is 0.507 e. The topological polar surface area (TPSA) is 49.7 Å². The van der Waals surface area contributed by atoms with Crippen molar-refractivity contribution in [3.8, 4) is 5.75 Å². The molecule has 0 aromatic heterocycles. The zero-order valence-corrected chi connectivity index (χ0v) is 12.2. The Morgan fingerprint density at radius 3 is 2.42 bits per heavy atom. The van der Waals surface area contributed by atoms with E-state index in [0.717, 1.165) is 24.8 Å². The van der Waals surface area contributed by atoms with Crippen molar-refractivity contribution in [2.75, 3.05) is 0 Å². The molecule has 2 rings (SSSR count). The van der Waals surface area contributed by atoms with Crippen molar-refractivity contribution in [2.24, 2.45) is 4.99 Å². The van der Waals surface area contributed by atoms with Crippen LogP contribution in [0.5, 0.6) is 5.75 Å². The lowest BCUT2D eigenvalue weighted by Crippen LogP contribution is -2.32. The molecular weight excluding hydrogens is 262 g/mol. The van der Waals surface area contributed by atoms with Gasteiger partial charge >= 0.3 is 0 Å². The number of benzene rings is 1. The van der Waals surface area contributed by atoms with E-state index in [1.807, 2.05) is 20.8 Å². The van der Waals surface area contributed by atoms with Crippen LogP contribution in [0, 0.1) is 0 Å². The molecule has 0 atom stereocenters. The summed E-state index contributed by atoms with van der Waals surface area (Å²) in [7, 11) is 0. The zero-order valence-electron chi connectivity index (χ0n) is 11.5. The molecule has 1 aliphatic rings. The van der Waals surface area contributed by atoms with E-state index in [4.69, 9.17) is 11.6 Å². The molecule has 1 fully saturated rings.